The van der Waals surface area contributed by atoms with Gasteiger partial charge in [0.15, 0.2) is 0 Å². The van der Waals surface area contributed by atoms with Crippen LogP contribution >= 0.6 is 0 Å². The lowest BCUT2D eigenvalue weighted by Gasteiger charge is -2.25. The van der Waals surface area contributed by atoms with Crippen LogP contribution in [-0.4, -0.2) is 24.7 Å². The average molecular weight is 252 g/mol. The van der Waals surface area contributed by atoms with Gasteiger partial charge in [0.05, 0.1) is 12.8 Å². The Morgan fingerprint density at radius 3 is 2.72 bits per heavy atom. The lowest BCUT2D eigenvalue weighted by molar-refractivity contribution is -0.114. The summed E-state index contributed by atoms with van der Waals surface area (Å²) in [5, 5.41) is 11.7. The Labute approximate surface area is 107 Å². The van der Waals surface area contributed by atoms with E-state index in [9.17, 15) is 4.79 Å². The van der Waals surface area contributed by atoms with Crippen molar-refractivity contribution in [2.75, 3.05) is 19.0 Å². The molecule has 0 bridgehead atoms. The van der Waals surface area contributed by atoms with Crippen LogP contribution in [0.4, 0.5) is 5.69 Å². The van der Waals surface area contributed by atoms with Gasteiger partial charge in [0.2, 0.25) is 5.91 Å². The molecule has 0 heterocycles. The number of methoxy groups -OCH3 is 1. The van der Waals surface area contributed by atoms with Crippen LogP contribution in [0.5, 0.6) is 5.75 Å². The maximum Gasteiger partial charge on any atom is 0.221 e. The Balaban J connectivity index is 3.13. The number of anilines is 1. The van der Waals surface area contributed by atoms with Crippen molar-refractivity contribution in [3.05, 3.63) is 23.8 Å². The van der Waals surface area contributed by atoms with Crippen LogP contribution in [0, 0.1) is 0 Å². The maximum absolute atomic E-state index is 11.1. The zero-order chi connectivity index (χ0) is 13.8. The fourth-order valence-electron chi connectivity index (χ4n) is 1.73. The molecule has 1 rings (SSSR count). The van der Waals surface area contributed by atoms with Crippen molar-refractivity contribution in [1.29, 1.82) is 0 Å². The van der Waals surface area contributed by atoms with E-state index in [1.807, 2.05) is 13.0 Å². The number of rotatable bonds is 5. The Morgan fingerprint density at radius 2 is 2.22 bits per heavy atom. The molecule has 1 amide bonds. The van der Waals surface area contributed by atoms with E-state index < -0.39 is 5.54 Å². The van der Waals surface area contributed by atoms with Gasteiger partial charge in [-0.3, -0.25) is 4.79 Å². The van der Waals surface area contributed by atoms with E-state index in [1.165, 1.54) is 14.0 Å². The summed E-state index contributed by atoms with van der Waals surface area (Å²) in [6.45, 7) is 3.28. The van der Waals surface area contributed by atoms with Gasteiger partial charge >= 0.3 is 0 Å². The molecule has 0 saturated carbocycles. The lowest BCUT2D eigenvalue weighted by atomic mass is 9.89. The first-order valence-electron chi connectivity index (χ1n) is 5.76. The number of carbonyl (C=O) groups excluding carboxylic acids is 1. The highest BCUT2D eigenvalue weighted by Gasteiger charge is 2.22. The zero-order valence-corrected chi connectivity index (χ0v) is 11.0. The number of ether oxygens (including phenoxy) is 1. The predicted octanol–water partition coefficient (Wildman–Crippen LogP) is 1.21. The molecule has 100 valence electrons. The molecule has 5 heteroatoms. The highest BCUT2D eigenvalue weighted by atomic mass is 16.5. The largest absolute Gasteiger partial charge is 0.495 e. The third-order valence-electron chi connectivity index (χ3n) is 2.80. The lowest BCUT2D eigenvalue weighted by Crippen LogP contribution is -2.34. The molecular formula is C13H20N2O3. The molecular weight excluding hydrogens is 232 g/mol. The van der Waals surface area contributed by atoms with Gasteiger partial charge in [-0.15, -0.1) is 0 Å². The monoisotopic (exact) mass is 252 g/mol. The van der Waals surface area contributed by atoms with Gasteiger partial charge in [0, 0.05) is 19.1 Å². The summed E-state index contributed by atoms with van der Waals surface area (Å²) >= 11 is 0. The fourth-order valence-corrected chi connectivity index (χ4v) is 1.73. The van der Waals surface area contributed by atoms with Gasteiger partial charge in [-0.25, -0.2) is 0 Å². The predicted molar refractivity (Wildman–Crippen MR) is 70.5 cm³/mol. The molecule has 1 aromatic carbocycles. The minimum atomic E-state index is -0.645. The number of hydrogen-bond acceptors (Lipinski definition) is 4. The summed E-state index contributed by atoms with van der Waals surface area (Å²) in [5.41, 5.74) is 6.90. The van der Waals surface area contributed by atoms with Crippen LogP contribution in [0.3, 0.4) is 0 Å². The molecule has 4 N–H and O–H groups in total. The molecule has 18 heavy (non-hydrogen) atoms. The van der Waals surface area contributed by atoms with Crippen molar-refractivity contribution in [2.24, 2.45) is 5.73 Å². The normalized spacial score (nSPS) is 13.8. The molecule has 0 fully saturated rings. The van der Waals surface area contributed by atoms with Crippen LogP contribution in [0.25, 0.3) is 0 Å². The minimum absolute atomic E-state index is 0.00843. The Kier molecular flexibility index (Phi) is 4.69. The highest BCUT2D eigenvalue weighted by Crippen LogP contribution is 2.30. The third-order valence-corrected chi connectivity index (χ3v) is 2.80. The first-order valence-corrected chi connectivity index (χ1v) is 5.76. The summed E-state index contributed by atoms with van der Waals surface area (Å²) in [7, 11) is 1.54. The Bertz CT molecular complexity index is 430. The van der Waals surface area contributed by atoms with Crippen molar-refractivity contribution in [2.45, 2.75) is 25.8 Å². The summed E-state index contributed by atoms with van der Waals surface area (Å²) < 4.78 is 5.17. The van der Waals surface area contributed by atoms with E-state index >= 15 is 0 Å². The number of nitrogens with one attached hydrogen (secondary N) is 1. The molecule has 0 aromatic heterocycles. The zero-order valence-electron chi connectivity index (χ0n) is 11.0. The molecule has 5 nitrogen and oxygen atoms in total. The second-order valence-electron chi connectivity index (χ2n) is 4.49. The standard InChI is InChI=1S/C13H20N2O3/c1-9(17)15-11-8-10(4-5-12(11)18-3)13(2,14)6-7-16/h4-5,8,16H,6-7,14H2,1-3H3,(H,15,17). The maximum atomic E-state index is 11.1. The summed E-state index contributed by atoms with van der Waals surface area (Å²) in [5.74, 6) is 0.403. The number of benzene rings is 1. The number of aliphatic hydroxyl groups is 1. The van der Waals surface area contributed by atoms with Crippen LogP contribution in [0.1, 0.15) is 25.8 Å². The van der Waals surface area contributed by atoms with Crippen molar-refractivity contribution < 1.29 is 14.6 Å². The Hall–Kier alpha value is -1.59. The molecule has 1 aromatic rings. The molecule has 0 aliphatic heterocycles. The van der Waals surface area contributed by atoms with Crippen molar-refractivity contribution in [1.82, 2.24) is 0 Å². The van der Waals surface area contributed by atoms with Crippen LogP contribution in [-0.2, 0) is 10.3 Å². The van der Waals surface area contributed by atoms with E-state index in [-0.39, 0.29) is 12.5 Å². The molecule has 1 unspecified atom stereocenters. The molecule has 0 saturated heterocycles. The van der Waals surface area contributed by atoms with E-state index in [0.717, 1.165) is 5.56 Å². The first-order chi connectivity index (χ1) is 8.40. The van der Waals surface area contributed by atoms with Crippen LogP contribution in [0.2, 0.25) is 0 Å². The quantitative estimate of drug-likeness (QED) is 0.735. The smallest absolute Gasteiger partial charge is 0.221 e. The van der Waals surface area contributed by atoms with E-state index in [0.29, 0.717) is 17.9 Å². The van der Waals surface area contributed by atoms with Gasteiger partial charge in [-0.2, -0.15) is 0 Å². The number of carbonyl (C=O) groups is 1. The summed E-state index contributed by atoms with van der Waals surface area (Å²) in [6.07, 6.45) is 0.443. The van der Waals surface area contributed by atoms with E-state index in [4.69, 9.17) is 15.6 Å². The van der Waals surface area contributed by atoms with Gasteiger partial charge < -0.3 is 20.9 Å². The number of hydrogen-bond donors (Lipinski definition) is 3. The van der Waals surface area contributed by atoms with Gasteiger partial charge in [-0.05, 0) is 31.0 Å². The van der Waals surface area contributed by atoms with Crippen molar-refractivity contribution >= 4 is 11.6 Å². The summed E-state index contributed by atoms with van der Waals surface area (Å²) in [6, 6.07) is 5.36. The van der Waals surface area contributed by atoms with Gasteiger partial charge in [0.25, 0.3) is 0 Å². The second-order valence-corrected chi connectivity index (χ2v) is 4.49. The number of aliphatic hydroxyl groups excluding tert-OH is 1. The van der Waals surface area contributed by atoms with E-state index in [1.54, 1.807) is 12.1 Å². The van der Waals surface area contributed by atoms with Crippen molar-refractivity contribution in [3.8, 4) is 5.75 Å². The minimum Gasteiger partial charge on any atom is -0.495 e. The van der Waals surface area contributed by atoms with Crippen molar-refractivity contribution in [3.63, 3.8) is 0 Å². The van der Waals surface area contributed by atoms with E-state index in [2.05, 4.69) is 5.32 Å². The fraction of sp³-hybridized carbons (Fsp3) is 0.462. The molecule has 0 radical (unpaired) electrons. The highest BCUT2D eigenvalue weighted by molar-refractivity contribution is 5.90. The number of nitrogens with two attached hydrogens (primary N) is 1. The number of amides is 1. The van der Waals surface area contributed by atoms with Gasteiger partial charge in [-0.1, -0.05) is 6.07 Å². The van der Waals surface area contributed by atoms with Crippen LogP contribution in [0.15, 0.2) is 18.2 Å². The molecule has 0 aliphatic rings. The van der Waals surface area contributed by atoms with Crippen LogP contribution < -0.4 is 15.8 Å². The second kappa shape index (κ2) is 5.84. The SMILES string of the molecule is COc1ccc(C(C)(N)CCO)cc1NC(C)=O. The summed E-state index contributed by atoms with van der Waals surface area (Å²) in [4.78, 5) is 11.1. The third kappa shape index (κ3) is 3.45. The van der Waals surface area contributed by atoms with Gasteiger partial charge in [0.1, 0.15) is 5.75 Å². The Morgan fingerprint density at radius 1 is 1.56 bits per heavy atom. The first kappa shape index (κ1) is 14.5. The average Bonchev–Trinajstić information content (AvgIpc) is 2.28. The molecule has 0 spiro atoms. The molecule has 0 aliphatic carbocycles. The molecule has 1 atom stereocenters. The topological polar surface area (TPSA) is 84.6 Å².